The largest absolute Gasteiger partial charge is 0.497 e. The van der Waals surface area contributed by atoms with Crippen LogP contribution < -0.4 is 15.0 Å². The van der Waals surface area contributed by atoms with Gasteiger partial charge in [0, 0.05) is 64.5 Å². The first kappa shape index (κ1) is 26.6. The van der Waals surface area contributed by atoms with Crippen molar-refractivity contribution in [3.05, 3.63) is 60.2 Å². The van der Waals surface area contributed by atoms with Gasteiger partial charge in [0.05, 0.1) is 7.11 Å². The van der Waals surface area contributed by atoms with Crippen molar-refractivity contribution in [3.8, 4) is 5.75 Å². The molecule has 1 N–H and O–H groups in total. The summed E-state index contributed by atoms with van der Waals surface area (Å²) in [5, 5.41) is 3.60. The number of para-hydroxylation sites is 1. The van der Waals surface area contributed by atoms with Gasteiger partial charge in [-0.05, 0) is 55.6 Å². The van der Waals surface area contributed by atoms with Crippen LogP contribution >= 0.6 is 24.0 Å². The highest BCUT2D eigenvalue weighted by Crippen LogP contribution is 2.28. The molecule has 2 saturated heterocycles. The number of halogens is 1. The summed E-state index contributed by atoms with van der Waals surface area (Å²) in [5.41, 5.74) is 2.74. The number of nitrogens with one attached hydrogen (secondary N) is 1. The molecule has 1 unspecified atom stereocenters. The van der Waals surface area contributed by atoms with Crippen molar-refractivity contribution in [2.45, 2.75) is 25.2 Å². The molecular weight excluding hydrogens is 537 g/mol. The first-order chi connectivity index (χ1) is 16.3. The van der Waals surface area contributed by atoms with Gasteiger partial charge in [-0.15, -0.1) is 24.0 Å². The van der Waals surface area contributed by atoms with Crippen molar-refractivity contribution in [1.29, 1.82) is 0 Å². The molecule has 0 spiro atoms. The Balaban J connectivity index is 0.00000324. The van der Waals surface area contributed by atoms with Crippen LogP contribution in [0.15, 0.2) is 59.6 Å². The molecule has 0 aliphatic carbocycles. The standard InChI is InChI=1S/C27H39N5O.HI/c1-28-27(32-17-14-24(22-32)23-10-12-26(33-2)13-11-23)29-15-6-7-16-30-18-20-31(21-19-30)25-8-4-3-5-9-25;/h3-5,8-13,24H,6-7,14-22H2,1-2H3,(H,28,29);1H. The fourth-order valence-electron chi connectivity index (χ4n) is 4.96. The van der Waals surface area contributed by atoms with E-state index in [-0.39, 0.29) is 24.0 Å². The van der Waals surface area contributed by atoms with Crippen molar-refractivity contribution in [3.63, 3.8) is 0 Å². The van der Waals surface area contributed by atoms with E-state index in [1.54, 1.807) is 7.11 Å². The molecule has 0 bridgehead atoms. The third-order valence-corrected chi connectivity index (χ3v) is 6.96. The van der Waals surface area contributed by atoms with Gasteiger partial charge in [0.25, 0.3) is 0 Å². The number of likely N-dealkylation sites (tertiary alicyclic amines) is 1. The lowest BCUT2D eigenvalue weighted by atomic mass is 9.98. The van der Waals surface area contributed by atoms with Crippen molar-refractivity contribution in [2.24, 2.45) is 4.99 Å². The number of guanidine groups is 1. The second-order valence-corrected chi connectivity index (χ2v) is 9.05. The fourth-order valence-corrected chi connectivity index (χ4v) is 4.96. The van der Waals surface area contributed by atoms with E-state index in [1.807, 2.05) is 7.05 Å². The summed E-state index contributed by atoms with van der Waals surface area (Å²) in [5.74, 6) is 2.52. The average molecular weight is 578 g/mol. The Morgan fingerprint density at radius 1 is 0.971 bits per heavy atom. The quantitative estimate of drug-likeness (QED) is 0.220. The average Bonchev–Trinajstić information content (AvgIpc) is 3.37. The Morgan fingerprint density at radius 2 is 1.71 bits per heavy atom. The molecule has 2 aliphatic rings. The van der Waals surface area contributed by atoms with Crippen molar-refractivity contribution >= 4 is 35.6 Å². The number of piperazine rings is 1. The van der Waals surface area contributed by atoms with Crippen molar-refractivity contribution < 1.29 is 4.74 Å². The Bertz CT molecular complexity index is 868. The minimum absolute atomic E-state index is 0. The van der Waals surface area contributed by atoms with Gasteiger partial charge in [0.15, 0.2) is 5.96 Å². The van der Waals surface area contributed by atoms with Crippen LogP contribution in [0.4, 0.5) is 5.69 Å². The Hall–Kier alpha value is -2.00. The van der Waals surface area contributed by atoms with Crippen LogP contribution in [-0.4, -0.2) is 82.3 Å². The van der Waals surface area contributed by atoms with E-state index in [9.17, 15) is 0 Å². The number of rotatable bonds is 8. The second kappa shape index (κ2) is 13.8. The predicted molar refractivity (Wildman–Crippen MR) is 153 cm³/mol. The molecule has 0 radical (unpaired) electrons. The van der Waals surface area contributed by atoms with Gasteiger partial charge < -0.3 is 19.9 Å². The van der Waals surface area contributed by atoms with E-state index < -0.39 is 0 Å². The highest BCUT2D eigenvalue weighted by atomic mass is 127. The van der Waals surface area contributed by atoms with E-state index in [2.05, 4.69) is 79.6 Å². The number of methoxy groups -OCH3 is 1. The molecule has 186 valence electrons. The summed E-state index contributed by atoms with van der Waals surface area (Å²) >= 11 is 0. The highest BCUT2D eigenvalue weighted by molar-refractivity contribution is 14.0. The first-order valence-electron chi connectivity index (χ1n) is 12.4. The van der Waals surface area contributed by atoms with Gasteiger partial charge in [-0.25, -0.2) is 0 Å². The van der Waals surface area contributed by atoms with Crippen LogP contribution in [0.1, 0.15) is 30.7 Å². The third-order valence-electron chi connectivity index (χ3n) is 6.96. The predicted octanol–water partition coefficient (Wildman–Crippen LogP) is 4.28. The maximum absolute atomic E-state index is 5.29. The number of hydrogen-bond donors (Lipinski definition) is 1. The Morgan fingerprint density at radius 3 is 2.38 bits per heavy atom. The van der Waals surface area contributed by atoms with E-state index in [0.29, 0.717) is 5.92 Å². The maximum Gasteiger partial charge on any atom is 0.193 e. The molecule has 7 heteroatoms. The van der Waals surface area contributed by atoms with E-state index >= 15 is 0 Å². The zero-order valence-electron chi connectivity index (χ0n) is 20.7. The molecule has 0 amide bonds. The third kappa shape index (κ3) is 7.25. The molecule has 2 fully saturated rings. The van der Waals surface area contributed by atoms with Crippen molar-refractivity contribution in [1.82, 2.24) is 15.1 Å². The Labute approximate surface area is 222 Å². The number of benzene rings is 2. The molecule has 34 heavy (non-hydrogen) atoms. The van der Waals surface area contributed by atoms with E-state index in [1.165, 1.54) is 37.1 Å². The minimum Gasteiger partial charge on any atom is -0.497 e. The normalized spacial score (nSPS) is 19.1. The summed E-state index contributed by atoms with van der Waals surface area (Å²) in [7, 11) is 3.61. The lowest BCUT2D eigenvalue weighted by Gasteiger charge is -2.36. The van der Waals surface area contributed by atoms with Crippen LogP contribution in [0, 0.1) is 0 Å². The van der Waals surface area contributed by atoms with Crippen LogP contribution in [0.3, 0.4) is 0 Å². The number of anilines is 1. The number of ether oxygens (including phenoxy) is 1. The van der Waals surface area contributed by atoms with Crippen LogP contribution in [0.25, 0.3) is 0 Å². The highest BCUT2D eigenvalue weighted by Gasteiger charge is 2.26. The van der Waals surface area contributed by atoms with Crippen LogP contribution in [-0.2, 0) is 0 Å². The topological polar surface area (TPSA) is 43.3 Å². The summed E-state index contributed by atoms with van der Waals surface area (Å²) < 4.78 is 5.29. The molecule has 6 nitrogen and oxygen atoms in total. The first-order valence-corrected chi connectivity index (χ1v) is 12.4. The van der Waals surface area contributed by atoms with Gasteiger partial charge in [-0.2, -0.15) is 0 Å². The Kier molecular flexibility index (Phi) is 10.8. The molecule has 0 aromatic heterocycles. The van der Waals surface area contributed by atoms with Gasteiger partial charge in [0.1, 0.15) is 5.75 Å². The number of unbranched alkanes of at least 4 members (excludes halogenated alkanes) is 1. The van der Waals surface area contributed by atoms with E-state index in [4.69, 9.17) is 4.74 Å². The monoisotopic (exact) mass is 577 g/mol. The lowest BCUT2D eigenvalue weighted by molar-refractivity contribution is 0.253. The molecule has 2 aliphatic heterocycles. The molecule has 2 heterocycles. The number of hydrogen-bond acceptors (Lipinski definition) is 4. The fraction of sp³-hybridized carbons (Fsp3) is 0.519. The lowest BCUT2D eigenvalue weighted by Crippen LogP contribution is -2.46. The van der Waals surface area contributed by atoms with E-state index in [0.717, 1.165) is 57.5 Å². The van der Waals surface area contributed by atoms with Gasteiger partial charge in [-0.3, -0.25) is 9.89 Å². The van der Waals surface area contributed by atoms with Gasteiger partial charge in [0.2, 0.25) is 0 Å². The van der Waals surface area contributed by atoms with Gasteiger partial charge in [-0.1, -0.05) is 30.3 Å². The summed E-state index contributed by atoms with van der Waals surface area (Å²) in [6, 6.07) is 19.3. The zero-order chi connectivity index (χ0) is 22.9. The zero-order valence-corrected chi connectivity index (χ0v) is 23.0. The summed E-state index contributed by atoms with van der Waals surface area (Å²) in [4.78, 5) is 12.0. The molecule has 4 rings (SSSR count). The molecule has 2 aromatic rings. The second-order valence-electron chi connectivity index (χ2n) is 9.05. The number of aliphatic imine (C=N–C) groups is 1. The summed E-state index contributed by atoms with van der Waals surface area (Å²) in [6.07, 6.45) is 3.57. The minimum atomic E-state index is 0. The molecular formula is C27H40IN5O. The van der Waals surface area contributed by atoms with Gasteiger partial charge >= 0.3 is 0 Å². The summed E-state index contributed by atoms with van der Waals surface area (Å²) in [6.45, 7) is 8.82. The van der Waals surface area contributed by atoms with Crippen molar-refractivity contribution in [2.75, 3.05) is 71.4 Å². The van der Waals surface area contributed by atoms with Crippen LogP contribution in [0.5, 0.6) is 5.75 Å². The SMILES string of the molecule is CN=C(NCCCCN1CCN(c2ccccc2)CC1)N1CCC(c2ccc(OC)cc2)C1.I. The molecule has 2 aromatic carbocycles. The van der Waals surface area contributed by atoms with Crippen LogP contribution in [0.2, 0.25) is 0 Å². The molecule has 1 atom stereocenters. The number of nitrogens with zero attached hydrogens (tertiary/aromatic N) is 4. The smallest absolute Gasteiger partial charge is 0.193 e. The molecule has 0 saturated carbocycles. The maximum atomic E-state index is 5.29.